The Hall–Kier alpha value is -2.47. The number of benzene rings is 2. The third kappa shape index (κ3) is 5.31. The largest absolute Gasteiger partial charge is 0.497 e. The van der Waals surface area contributed by atoms with Gasteiger partial charge in [-0.25, -0.2) is 8.78 Å². The summed E-state index contributed by atoms with van der Waals surface area (Å²) in [5.41, 5.74) is 1.36. The van der Waals surface area contributed by atoms with Crippen molar-refractivity contribution in [2.24, 2.45) is 0 Å². The molecule has 0 atom stereocenters. The van der Waals surface area contributed by atoms with Crippen LogP contribution < -0.4 is 10.1 Å². The van der Waals surface area contributed by atoms with E-state index in [2.05, 4.69) is 5.32 Å². The molecule has 0 heterocycles. The lowest BCUT2D eigenvalue weighted by atomic mass is 10.2. The van der Waals surface area contributed by atoms with Gasteiger partial charge in [0.15, 0.2) is 11.6 Å². The normalized spacial score (nSPS) is 10.7. The van der Waals surface area contributed by atoms with Crippen molar-refractivity contribution in [1.29, 1.82) is 0 Å². The molecule has 0 bridgehead atoms. The van der Waals surface area contributed by atoms with Crippen molar-refractivity contribution in [2.75, 3.05) is 26.0 Å². The molecule has 0 saturated carbocycles. The number of anilines is 1. The van der Waals surface area contributed by atoms with Gasteiger partial charge in [-0.05, 0) is 36.9 Å². The Bertz CT molecular complexity index is 690. The van der Waals surface area contributed by atoms with E-state index < -0.39 is 11.6 Å². The molecule has 1 N–H and O–H groups in total. The molecule has 2 aromatic rings. The fourth-order valence-corrected chi connectivity index (χ4v) is 2.21. The van der Waals surface area contributed by atoms with Gasteiger partial charge in [0.2, 0.25) is 5.91 Å². The highest BCUT2D eigenvalue weighted by Gasteiger charge is 2.08. The van der Waals surface area contributed by atoms with Crippen LogP contribution in [0.2, 0.25) is 0 Å². The van der Waals surface area contributed by atoms with Crippen molar-refractivity contribution in [2.45, 2.75) is 13.0 Å². The lowest BCUT2D eigenvalue weighted by molar-refractivity contribution is -0.116. The standard InChI is InChI=1S/C18H20F2N2O2/c1-22(12-13-3-6-15(24-2)7-4-13)10-9-18(23)21-14-5-8-16(19)17(20)11-14/h3-8,11H,9-10,12H2,1-2H3,(H,21,23). The third-order valence-corrected chi connectivity index (χ3v) is 3.54. The summed E-state index contributed by atoms with van der Waals surface area (Å²) in [5, 5.41) is 2.56. The van der Waals surface area contributed by atoms with E-state index >= 15 is 0 Å². The van der Waals surface area contributed by atoms with Gasteiger partial charge in [0, 0.05) is 31.3 Å². The molecule has 0 aliphatic rings. The minimum absolute atomic E-state index is 0.247. The summed E-state index contributed by atoms with van der Waals surface area (Å²) in [6, 6.07) is 11.0. The van der Waals surface area contributed by atoms with Gasteiger partial charge in [-0.1, -0.05) is 12.1 Å². The summed E-state index contributed by atoms with van der Waals surface area (Å²) in [6.07, 6.45) is 0.256. The number of amides is 1. The van der Waals surface area contributed by atoms with Crippen LogP contribution in [-0.2, 0) is 11.3 Å². The van der Waals surface area contributed by atoms with Gasteiger partial charge in [0.05, 0.1) is 7.11 Å². The van der Waals surface area contributed by atoms with E-state index in [1.54, 1.807) is 7.11 Å². The average molecular weight is 334 g/mol. The first-order valence-electron chi connectivity index (χ1n) is 7.54. The Balaban J connectivity index is 1.78. The smallest absolute Gasteiger partial charge is 0.225 e. The second kappa shape index (κ2) is 8.40. The van der Waals surface area contributed by atoms with Gasteiger partial charge in [0.25, 0.3) is 0 Å². The summed E-state index contributed by atoms with van der Waals surface area (Å²) >= 11 is 0. The highest BCUT2D eigenvalue weighted by Crippen LogP contribution is 2.14. The van der Waals surface area contributed by atoms with Crippen molar-refractivity contribution < 1.29 is 18.3 Å². The van der Waals surface area contributed by atoms with Crippen molar-refractivity contribution in [3.05, 3.63) is 59.7 Å². The second-order valence-corrected chi connectivity index (χ2v) is 5.51. The molecular weight excluding hydrogens is 314 g/mol. The summed E-state index contributed by atoms with van der Waals surface area (Å²) in [7, 11) is 3.53. The average Bonchev–Trinajstić information content (AvgIpc) is 2.57. The number of hydrogen-bond donors (Lipinski definition) is 1. The number of halogens is 2. The zero-order valence-corrected chi connectivity index (χ0v) is 13.7. The number of carbonyl (C=O) groups excluding carboxylic acids is 1. The first kappa shape index (κ1) is 17.9. The van der Waals surface area contributed by atoms with Crippen LogP contribution in [0.15, 0.2) is 42.5 Å². The second-order valence-electron chi connectivity index (χ2n) is 5.51. The monoisotopic (exact) mass is 334 g/mol. The molecule has 24 heavy (non-hydrogen) atoms. The van der Waals surface area contributed by atoms with Crippen LogP contribution in [0.25, 0.3) is 0 Å². The van der Waals surface area contributed by atoms with Gasteiger partial charge >= 0.3 is 0 Å². The predicted octanol–water partition coefficient (Wildman–Crippen LogP) is 3.43. The van der Waals surface area contributed by atoms with Crippen LogP contribution in [0.1, 0.15) is 12.0 Å². The number of carbonyl (C=O) groups is 1. The maximum Gasteiger partial charge on any atom is 0.225 e. The van der Waals surface area contributed by atoms with Crippen molar-refractivity contribution >= 4 is 11.6 Å². The van der Waals surface area contributed by atoms with Crippen LogP contribution in [0, 0.1) is 11.6 Å². The molecule has 2 aromatic carbocycles. The van der Waals surface area contributed by atoms with Gasteiger partial charge in [-0.2, -0.15) is 0 Å². The first-order chi connectivity index (χ1) is 11.5. The van der Waals surface area contributed by atoms with E-state index in [1.807, 2.05) is 36.2 Å². The van der Waals surface area contributed by atoms with Crippen LogP contribution >= 0.6 is 0 Å². The topological polar surface area (TPSA) is 41.6 Å². The summed E-state index contributed by atoms with van der Waals surface area (Å²) in [6.45, 7) is 1.24. The molecule has 128 valence electrons. The number of ether oxygens (including phenoxy) is 1. The van der Waals surface area contributed by atoms with Gasteiger partial charge in [0.1, 0.15) is 5.75 Å². The van der Waals surface area contributed by atoms with Crippen LogP contribution in [0.3, 0.4) is 0 Å². The molecule has 0 saturated heterocycles. The Kier molecular flexibility index (Phi) is 6.26. The van der Waals surface area contributed by atoms with Gasteiger partial charge in [-0.15, -0.1) is 0 Å². The van der Waals surface area contributed by atoms with E-state index in [0.29, 0.717) is 13.1 Å². The quantitative estimate of drug-likeness (QED) is 0.843. The molecule has 4 nitrogen and oxygen atoms in total. The minimum atomic E-state index is -0.982. The Morgan fingerprint density at radius 3 is 2.46 bits per heavy atom. The van der Waals surface area contributed by atoms with Crippen LogP contribution in [0.5, 0.6) is 5.75 Å². The number of nitrogens with one attached hydrogen (secondary N) is 1. The van der Waals surface area contributed by atoms with Gasteiger partial charge < -0.3 is 15.0 Å². The SMILES string of the molecule is COc1ccc(CN(C)CCC(=O)Nc2ccc(F)c(F)c2)cc1. The van der Waals surface area contributed by atoms with E-state index in [9.17, 15) is 13.6 Å². The molecule has 0 fully saturated rings. The molecule has 0 radical (unpaired) electrons. The van der Waals surface area contributed by atoms with Gasteiger partial charge in [-0.3, -0.25) is 4.79 Å². The molecule has 1 amide bonds. The Labute approximate surface area is 140 Å². The highest BCUT2D eigenvalue weighted by molar-refractivity contribution is 5.90. The molecular formula is C18H20F2N2O2. The van der Waals surface area contributed by atoms with Crippen LogP contribution in [-0.4, -0.2) is 31.5 Å². The predicted molar refractivity (Wildman–Crippen MR) is 88.9 cm³/mol. The maximum absolute atomic E-state index is 13.1. The fraction of sp³-hybridized carbons (Fsp3) is 0.278. The first-order valence-corrected chi connectivity index (χ1v) is 7.54. The minimum Gasteiger partial charge on any atom is -0.497 e. The number of rotatable bonds is 7. The molecule has 0 aromatic heterocycles. The van der Waals surface area contributed by atoms with Crippen molar-refractivity contribution in [3.8, 4) is 5.75 Å². The zero-order valence-electron chi connectivity index (χ0n) is 13.7. The van der Waals surface area contributed by atoms with Crippen molar-refractivity contribution in [3.63, 3.8) is 0 Å². The number of hydrogen-bond acceptors (Lipinski definition) is 3. The summed E-state index contributed by atoms with van der Waals surface area (Å²) in [5.74, 6) is -1.37. The molecule has 0 spiro atoms. The van der Waals surface area contributed by atoms with Crippen molar-refractivity contribution in [1.82, 2.24) is 4.90 Å². The highest BCUT2D eigenvalue weighted by atomic mass is 19.2. The summed E-state index contributed by atoms with van der Waals surface area (Å²) in [4.78, 5) is 13.9. The number of methoxy groups -OCH3 is 1. The zero-order chi connectivity index (χ0) is 17.5. The summed E-state index contributed by atoms with van der Waals surface area (Å²) < 4.78 is 31.0. The van der Waals surface area contributed by atoms with E-state index in [4.69, 9.17) is 4.74 Å². The van der Waals surface area contributed by atoms with E-state index in [0.717, 1.165) is 23.4 Å². The van der Waals surface area contributed by atoms with E-state index in [-0.39, 0.29) is 18.0 Å². The molecule has 0 aliphatic carbocycles. The third-order valence-electron chi connectivity index (χ3n) is 3.54. The Morgan fingerprint density at radius 2 is 1.83 bits per heavy atom. The lowest BCUT2D eigenvalue weighted by Gasteiger charge is -2.16. The number of nitrogens with zero attached hydrogens (tertiary/aromatic N) is 1. The molecule has 0 unspecified atom stereocenters. The molecule has 6 heteroatoms. The lowest BCUT2D eigenvalue weighted by Crippen LogP contribution is -2.24. The fourth-order valence-electron chi connectivity index (χ4n) is 2.21. The van der Waals surface area contributed by atoms with Crippen LogP contribution in [0.4, 0.5) is 14.5 Å². The maximum atomic E-state index is 13.1. The molecule has 0 aliphatic heterocycles. The Morgan fingerprint density at radius 1 is 1.12 bits per heavy atom. The molecule has 2 rings (SSSR count). The van der Waals surface area contributed by atoms with E-state index in [1.165, 1.54) is 6.07 Å².